The van der Waals surface area contributed by atoms with Gasteiger partial charge in [-0.2, -0.15) is 0 Å². The molecule has 0 saturated heterocycles. The first-order chi connectivity index (χ1) is 10.3. The van der Waals surface area contributed by atoms with Gasteiger partial charge in [0, 0.05) is 31.4 Å². The van der Waals surface area contributed by atoms with Gasteiger partial charge in [-0.05, 0) is 48.1 Å². The van der Waals surface area contributed by atoms with Crippen LogP contribution in [0.3, 0.4) is 0 Å². The maximum Gasteiger partial charge on any atom is 0.0432 e. The Morgan fingerprint density at radius 2 is 1.90 bits per heavy atom. The molecule has 2 aromatic rings. The van der Waals surface area contributed by atoms with E-state index in [0.29, 0.717) is 6.04 Å². The van der Waals surface area contributed by atoms with Gasteiger partial charge in [-0.25, -0.2) is 0 Å². The van der Waals surface area contributed by atoms with Gasteiger partial charge in [0.15, 0.2) is 0 Å². The number of aryl methyl sites for hydroxylation is 1. The van der Waals surface area contributed by atoms with E-state index in [9.17, 15) is 0 Å². The Morgan fingerprint density at radius 3 is 2.86 bits per heavy atom. The molecule has 0 spiro atoms. The van der Waals surface area contributed by atoms with Gasteiger partial charge in [-0.15, -0.1) is 0 Å². The van der Waals surface area contributed by atoms with E-state index in [0.717, 1.165) is 19.6 Å². The fraction of sp³-hybridized carbons (Fsp3) is 0.368. The lowest BCUT2D eigenvalue weighted by Crippen LogP contribution is -2.36. The highest BCUT2D eigenvalue weighted by atomic mass is 15.2. The topological polar surface area (TPSA) is 15.3 Å². The highest BCUT2D eigenvalue weighted by molar-refractivity contribution is 5.56. The molecule has 0 aromatic heterocycles. The molecule has 1 atom stereocenters. The van der Waals surface area contributed by atoms with Crippen molar-refractivity contribution in [1.29, 1.82) is 0 Å². The summed E-state index contributed by atoms with van der Waals surface area (Å²) < 4.78 is 0. The second-order valence-electron chi connectivity index (χ2n) is 6.35. The summed E-state index contributed by atoms with van der Waals surface area (Å²) in [6.45, 7) is 5.42. The molecule has 0 saturated carbocycles. The molecule has 0 radical (unpaired) electrons. The first-order valence-corrected chi connectivity index (χ1v) is 7.97. The van der Waals surface area contributed by atoms with Gasteiger partial charge in [0.05, 0.1) is 0 Å². The molecule has 1 N–H and O–H groups in total. The third-order valence-electron chi connectivity index (χ3n) is 4.92. The molecule has 0 bridgehead atoms. The molecule has 0 fully saturated rings. The summed E-state index contributed by atoms with van der Waals surface area (Å²) in [6.07, 6.45) is 2.46. The van der Waals surface area contributed by atoms with E-state index in [-0.39, 0.29) is 0 Å². The van der Waals surface area contributed by atoms with Crippen molar-refractivity contribution in [3.05, 3.63) is 64.7 Å². The first-order valence-electron chi connectivity index (χ1n) is 7.97. The number of hydrogen-bond acceptors (Lipinski definition) is 2. The van der Waals surface area contributed by atoms with Gasteiger partial charge in [0.2, 0.25) is 0 Å². The number of fused-ring (bicyclic) bond motifs is 2. The molecule has 0 amide bonds. The quantitative estimate of drug-likeness (QED) is 0.902. The molecular weight excluding hydrogens is 256 g/mol. The molecule has 2 aliphatic heterocycles. The van der Waals surface area contributed by atoms with E-state index in [1.165, 1.54) is 40.8 Å². The normalized spacial score (nSPS) is 20.2. The van der Waals surface area contributed by atoms with Gasteiger partial charge in [0.1, 0.15) is 0 Å². The minimum Gasteiger partial charge on any atom is -0.364 e. The Labute approximate surface area is 126 Å². The number of nitrogens with one attached hydrogen (secondary N) is 1. The monoisotopic (exact) mass is 278 g/mol. The standard InChI is InChI=1S/C19H22N2/c1-14-6-8-16-4-2-3-5-19(16)21(14)13-15-7-9-17-11-20-12-18(17)10-15/h2-5,7,9-10,14,20H,6,8,11-13H2,1H3. The maximum absolute atomic E-state index is 3.43. The van der Waals surface area contributed by atoms with Crippen molar-refractivity contribution in [1.82, 2.24) is 5.32 Å². The summed E-state index contributed by atoms with van der Waals surface area (Å²) in [5.74, 6) is 0. The van der Waals surface area contributed by atoms with Crippen LogP contribution in [0.1, 0.15) is 35.6 Å². The summed E-state index contributed by atoms with van der Waals surface area (Å²) in [5, 5.41) is 3.43. The van der Waals surface area contributed by atoms with Gasteiger partial charge in [0.25, 0.3) is 0 Å². The molecule has 2 aromatic carbocycles. The van der Waals surface area contributed by atoms with Crippen molar-refractivity contribution in [2.45, 2.75) is 45.4 Å². The zero-order valence-corrected chi connectivity index (χ0v) is 12.6. The van der Waals surface area contributed by atoms with Crippen molar-refractivity contribution in [3.63, 3.8) is 0 Å². The number of nitrogens with zero attached hydrogens (tertiary/aromatic N) is 1. The van der Waals surface area contributed by atoms with E-state index in [2.05, 4.69) is 59.6 Å². The second kappa shape index (κ2) is 5.19. The van der Waals surface area contributed by atoms with E-state index in [1.807, 2.05) is 0 Å². The number of anilines is 1. The van der Waals surface area contributed by atoms with Crippen LogP contribution >= 0.6 is 0 Å². The van der Waals surface area contributed by atoms with Crippen molar-refractivity contribution in [3.8, 4) is 0 Å². The zero-order chi connectivity index (χ0) is 14.2. The van der Waals surface area contributed by atoms with Crippen LogP contribution in [-0.4, -0.2) is 6.04 Å². The van der Waals surface area contributed by atoms with E-state index in [1.54, 1.807) is 0 Å². The molecule has 2 nitrogen and oxygen atoms in total. The summed E-state index contributed by atoms with van der Waals surface area (Å²) in [5.41, 5.74) is 7.30. The van der Waals surface area contributed by atoms with Crippen molar-refractivity contribution < 1.29 is 0 Å². The Kier molecular flexibility index (Phi) is 3.19. The number of hydrogen-bond donors (Lipinski definition) is 1. The zero-order valence-electron chi connectivity index (χ0n) is 12.6. The number of benzene rings is 2. The van der Waals surface area contributed by atoms with Crippen molar-refractivity contribution in [2.75, 3.05) is 4.90 Å². The van der Waals surface area contributed by atoms with Crippen LogP contribution in [0.15, 0.2) is 42.5 Å². The van der Waals surface area contributed by atoms with Gasteiger partial charge < -0.3 is 10.2 Å². The Morgan fingerprint density at radius 1 is 1.05 bits per heavy atom. The second-order valence-corrected chi connectivity index (χ2v) is 6.35. The molecule has 2 heterocycles. The molecule has 2 heteroatoms. The SMILES string of the molecule is CC1CCc2ccccc2N1Cc1ccc2c(c1)CNC2. The third kappa shape index (κ3) is 2.34. The van der Waals surface area contributed by atoms with Gasteiger partial charge in [-0.3, -0.25) is 0 Å². The number of para-hydroxylation sites is 1. The maximum atomic E-state index is 3.43. The lowest BCUT2D eigenvalue weighted by atomic mass is 9.95. The largest absolute Gasteiger partial charge is 0.364 e. The minimum absolute atomic E-state index is 0.617. The fourth-order valence-electron chi connectivity index (χ4n) is 3.64. The third-order valence-corrected chi connectivity index (χ3v) is 4.92. The average Bonchev–Trinajstić information content (AvgIpc) is 2.98. The van der Waals surface area contributed by atoms with Crippen LogP contribution in [0.5, 0.6) is 0 Å². The fourth-order valence-corrected chi connectivity index (χ4v) is 3.64. The highest BCUT2D eigenvalue weighted by Gasteiger charge is 2.23. The predicted octanol–water partition coefficient (Wildman–Crippen LogP) is 3.63. The molecular formula is C19H22N2. The van der Waals surface area contributed by atoms with Gasteiger partial charge >= 0.3 is 0 Å². The summed E-state index contributed by atoms with van der Waals surface area (Å²) >= 11 is 0. The van der Waals surface area contributed by atoms with Crippen LogP contribution in [-0.2, 0) is 26.1 Å². The van der Waals surface area contributed by atoms with Gasteiger partial charge in [-0.1, -0.05) is 36.4 Å². The average molecular weight is 278 g/mol. The van der Waals surface area contributed by atoms with Crippen molar-refractivity contribution >= 4 is 5.69 Å². The van der Waals surface area contributed by atoms with Crippen molar-refractivity contribution in [2.24, 2.45) is 0 Å². The lowest BCUT2D eigenvalue weighted by Gasteiger charge is -2.37. The van der Waals surface area contributed by atoms with E-state index >= 15 is 0 Å². The Balaban J connectivity index is 1.64. The summed E-state index contributed by atoms with van der Waals surface area (Å²) in [7, 11) is 0. The van der Waals surface area contributed by atoms with Crippen LogP contribution in [0, 0.1) is 0 Å². The summed E-state index contributed by atoms with van der Waals surface area (Å²) in [4.78, 5) is 2.57. The first kappa shape index (κ1) is 12.9. The molecule has 21 heavy (non-hydrogen) atoms. The van der Waals surface area contributed by atoms with Crippen LogP contribution in [0.25, 0.3) is 0 Å². The Hall–Kier alpha value is -1.80. The molecule has 4 rings (SSSR count). The van der Waals surface area contributed by atoms with E-state index < -0.39 is 0 Å². The molecule has 0 aliphatic carbocycles. The smallest absolute Gasteiger partial charge is 0.0432 e. The Bertz CT molecular complexity index is 662. The van der Waals surface area contributed by atoms with Crippen LogP contribution < -0.4 is 10.2 Å². The molecule has 1 unspecified atom stereocenters. The minimum atomic E-state index is 0.617. The van der Waals surface area contributed by atoms with Crippen LogP contribution in [0.4, 0.5) is 5.69 Å². The molecule has 108 valence electrons. The van der Waals surface area contributed by atoms with Crippen LogP contribution in [0.2, 0.25) is 0 Å². The van der Waals surface area contributed by atoms with E-state index in [4.69, 9.17) is 0 Å². The lowest BCUT2D eigenvalue weighted by molar-refractivity contribution is 0.560. The predicted molar refractivity (Wildman–Crippen MR) is 87.4 cm³/mol. The molecule has 2 aliphatic rings. The summed E-state index contributed by atoms with van der Waals surface area (Å²) in [6, 6.07) is 16.5. The number of rotatable bonds is 2. The highest BCUT2D eigenvalue weighted by Crippen LogP contribution is 2.32.